The highest BCUT2D eigenvalue weighted by Gasteiger charge is 2.24. The van der Waals surface area contributed by atoms with E-state index in [1.807, 2.05) is 6.07 Å². The zero-order valence-corrected chi connectivity index (χ0v) is 15.6. The number of aromatic nitrogens is 4. The van der Waals surface area contributed by atoms with Gasteiger partial charge in [0.2, 0.25) is 11.8 Å². The van der Waals surface area contributed by atoms with E-state index in [1.165, 1.54) is 6.33 Å². The topological polar surface area (TPSA) is 98.4 Å². The van der Waals surface area contributed by atoms with E-state index >= 15 is 0 Å². The predicted octanol–water partition coefficient (Wildman–Crippen LogP) is 1.84. The summed E-state index contributed by atoms with van der Waals surface area (Å²) in [7, 11) is 1.61. The lowest BCUT2D eigenvalue weighted by atomic mass is 10.0. The maximum absolute atomic E-state index is 5.49. The van der Waals surface area contributed by atoms with Gasteiger partial charge in [-0.15, -0.1) is 0 Å². The van der Waals surface area contributed by atoms with Crippen molar-refractivity contribution in [1.82, 2.24) is 25.0 Å². The number of methoxy groups -OCH3 is 1. The molecular weight excluding hydrogens is 348 g/mol. The molecule has 0 spiro atoms. The minimum atomic E-state index is 0.347. The van der Waals surface area contributed by atoms with Crippen LogP contribution in [0.4, 0.5) is 5.82 Å². The predicted molar refractivity (Wildman–Crippen MR) is 97.6 cm³/mol. The van der Waals surface area contributed by atoms with Gasteiger partial charge in [0.15, 0.2) is 5.82 Å². The number of piperidine rings is 1. The number of likely N-dealkylation sites (tertiary alicyclic amines) is 1. The summed E-state index contributed by atoms with van der Waals surface area (Å²) in [6, 6.07) is 2.22. The summed E-state index contributed by atoms with van der Waals surface area (Å²) < 4.78 is 16.0. The van der Waals surface area contributed by atoms with Gasteiger partial charge >= 0.3 is 0 Å². The Kier molecular flexibility index (Phi) is 5.78. The average Bonchev–Trinajstić information content (AvgIpc) is 3.19. The molecule has 0 radical (unpaired) electrons. The van der Waals surface area contributed by atoms with E-state index in [1.54, 1.807) is 7.11 Å². The summed E-state index contributed by atoms with van der Waals surface area (Å²) >= 11 is 0. The molecule has 0 amide bonds. The molecule has 0 unspecified atom stereocenters. The molecular formula is C18H26N6O3. The molecule has 9 heteroatoms. The Hall–Kier alpha value is -2.26. The number of rotatable bonds is 6. The van der Waals surface area contributed by atoms with Crippen molar-refractivity contribution in [2.45, 2.75) is 44.2 Å². The van der Waals surface area contributed by atoms with Gasteiger partial charge in [0, 0.05) is 44.3 Å². The summed E-state index contributed by atoms with van der Waals surface area (Å²) in [6.45, 7) is 4.27. The lowest BCUT2D eigenvalue weighted by molar-refractivity contribution is 0.0778. The summed E-state index contributed by atoms with van der Waals surface area (Å²) in [5.41, 5.74) is 0. The summed E-state index contributed by atoms with van der Waals surface area (Å²) in [4.78, 5) is 15.3. The Labute approximate surface area is 158 Å². The first-order chi connectivity index (χ1) is 13.3. The standard InChI is InChI=1S/C18H26N6O3/c1-25-17-10-15(19-12-20-17)21-14-2-6-24(7-3-14)11-16-22-18(27-23-16)13-4-8-26-9-5-13/h10,12-14H,2-9,11H2,1H3,(H,19,20,21). The van der Waals surface area contributed by atoms with E-state index in [2.05, 4.69) is 30.3 Å². The van der Waals surface area contributed by atoms with Crippen LogP contribution in [0.25, 0.3) is 0 Å². The van der Waals surface area contributed by atoms with Crippen LogP contribution in [0.3, 0.4) is 0 Å². The molecule has 2 fully saturated rings. The molecule has 0 saturated carbocycles. The van der Waals surface area contributed by atoms with E-state index in [-0.39, 0.29) is 0 Å². The number of nitrogens with one attached hydrogen (secondary N) is 1. The number of anilines is 1. The fourth-order valence-electron chi connectivity index (χ4n) is 3.62. The first kappa shape index (κ1) is 18.1. The summed E-state index contributed by atoms with van der Waals surface area (Å²) in [5, 5.41) is 7.64. The molecule has 2 aromatic rings. The molecule has 4 heterocycles. The molecule has 0 bridgehead atoms. The highest BCUT2D eigenvalue weighted by atomic mass is 16.5. The van der Waals surface area contributed by atoms with Crippen LogP contribution in [0.5, 0.6) is 5.88 Å². The summed E-state index contributed by atoms with van der Waals surface area (Å²) in [5.74, 6) is 3.27. The van der Waals surface area contributed by atoms with Crippen molar-refractivity contribution < 1.29 is 14.0 Å². The molecule has 2 aliphatic heterocycles. The molecule has 146 valence electrons. The Bertz CT molecular complexity index is 725. The lowest BCUT2D eigenvalue weighted by Gasteiger charge is -2.31. The smallest absolute Gasteiger partial charge is 0.229 e. The van der Waals surface area contributed by atoms with Crippen LogP contribution in [-0.2, 0) is 11.3 Å². The fourth-order valence-corrected chi connectivity index (χ4v) is 3.62. The second-order valence-electron chi connectivity index (χ2n) is 7.08. The van der Waals surface area contributed by atoms with Gasteiger partial charge in [-0.25, -0.2) is 9.97 Å². The van der Waals surface area contributed by atoms with Crippen LogP contribution in [0, 0.1) is 0 Å². The van der Waals surface area contributed by atoms with Gasteiger partial charge in [-0.05, 0) is 25.7 Å². The first-order valence-electron chi connectivity index (χ1n) is 9.55. The van der Waals surface area contributed by atoms with Crippen LogP contribution in [0.15, 0.2) is 16.9 Å². The molecule has 2 saturated heterocycles. The quantitative estimate of drug-likeness (QED) is 0.812. The first-order valence-corrected chi connectivity index (χ1v) is 9.55. The molecule has 2 aromatic heterocycles. The SMILES string of the molecule is COc1cc(NC2CCN(Cc3noc(C4CCOCC4)n3)CC2)ncn1. The highest BCUT2D eigenvalue weighted by molar-refractivity contribution is 5.38. The van der Waals surface area contributed by atoms with E-state index in [4.69, 9.17) is 14.0 Å². The van der Waals surface area contributed by atoms with Crippen LogP contribution < -0.4 is 10.1 Å². The fraction of sp³-hybridized carbons (Fsp3) is 0.667. The van der Waals surface area contributed by atoms with Gasteiger partial charge in [-0.1, -0.05) is 5.16 Å². The van der Waals surface area contributed by atoms with Crippen LogP contribution in [0.1, 0.15) is 43.3 Å². The zero-order chi connectivity index (χ0) is 18.5. The second kappa shape index (κ2) is 8.62. The summed E-state index contributed by atoms with van der Waals surface area (Å²) in [6.07, 6.45) is 5.52. The second-order valence-corrected chi connectivity index (χ2v) is 7.08. The molecule has 27 heavy (non-hydrogen) atoms. The number of nitrogens with zero attached hydrogens (tertiary/aromatic N) is 5. The number of hydrogen-bond donors (Lipinski definition) is 1. The van der Waals surface area contributed by atoms with E-state index < -0.39 is 0 Å². The van der Waals surface area contributed by atoms with Crippen LogP contribution in [-0.4, -0.2) is 64.5 Å². The van der Waals surface area contributed by atoms with E-state index in [0.717, 1.165) is 76.1 Å². The van der Waals surface area contributed by atoms with Gasteiger partial charge in [0.1, 0.15) is 12.1 Å². The van der Waals surface area contributed by atoms with Gasteiger partial charge in [-0.2, -0.15) is 4.98 Å². The van der Waals surface area contributed by atoms with Crippen LogP contribution in [0.2, 0.25) is 0 Å². The molecule has 0 aliphatic carbocycles. The molecule has 0 atom stereocenters. The van der Waals surface area contributed by atoms with Gasteiger partial charge in [-0.3, -0.25) is 4.90 Å². The minimum Gasteiger partial charge on any atom is -0.481 e. The van der Waals surface area contributed by atoms with Gasteiger partial charge in [0.05, 0.1) is 13.7 Å². The van der Waals surface area contributed by atoms with Crippen molar-refractivity contribution in [2.24, 2.45) is 0 Å². The van der Waals surface area contributed by atoms with Gasteiger partial charge < -0.3 is 19.3 Å². The Balaban J connectivity index is 1.25. The third-order valence-corrected chi connectivity index (χ3v) is 5.21. The maximum Gasteiger partial charge on any atom is 0.229 e. The molecule has 4 rings (SSSR count). The minimum absolute atomic E-state index is 0.347. The third-order valence-electron chi connectivity index (χ3n) is 5.21. The highest BCUT2D eigenvalue weighted by Crippen LogP contribution is 2.25. The molecule has 2 aliphatic rings. The van der Waals surface area contributed by atoms with Crippen molar-refractivity contribution in [3.05, 3.63) is 24.1 Å². The molecule has 9 nitrogen and oxygen atoms in total. The van der Waals surface area contributed by atoms with E-state index in [9.17, 15) is 0 Å². The van der Waals surface area contributed by atoms with Crippen molar-refractivity contribution in [2.75, 3.05) is 38.7 Å². The van der Waals surface area contributed by atoms with Crippen molar-refractivity contribution >= 4 is 5.82 Å². The number of hydrogen-bond acceptors (Lipinski definition) is 9. The Morgan fingerprint density at radius 2 is 2.00 bits per heavy atom. The van der Waals surface area contributed by atoms with Crippen molar-refractivity contribution in [3.8, 4) is 5.88 Å². The van der Waals surface area contributed by atoms with Crippen molar-refractivity contribution in [1.29, 1.82) is 0 Å². The maximum atomic E-state index is 5.49. The van der Waals surface area contributed by atoms with Crippen LogP contribution >= 0.6 is 0 Å². The molecule has 1 N–H and O–H groups in total. The van der Waals surface area contributed by atoms with Crippen molar-refractivity contribution in [3.63, 3.8) is 0 Å². The van der Waals surface area contributed by atoms with Gasteiger partial charge in [0.25, 0.3) is 0 Å². The average molecular weight is 374 g/mol. The number of ether oxygens (including phenoxy) is 2. The molecule has 0 aromatic carbocycles. The Morgan fingerprint density at radius 3 is 2.78 bits per heavy atom. The largest absolute Gasteiger partial charge is 0.481 e. The zero-order valence-electron chi connectivity index (χ0n) is 15.6. The normalized spacial score (nSPS) is 19.9. The monoisotopic (exact) mass is 374 g/mol. The third kappa shape index (κ3) is 4.72. The lowest BCUT2D eigenvalue weighted by Crippen LogP contribution is -2.39. The van der Waals surface area contributed by atoms with E-state index in [0.29, 0.717) is 17.8 Å². The Morgan fingerprint density at radius 1 is 1.19 bits per heavy atom.